The number of carbonyl (C=O) groups is 2. The molecule has 9 nitrogen and oxygen atoms in total. The van der Waals surface area contributed by atoms with E-state index in [-0.39, 0.29) is 23.1 Å². The molecule has 3 aromatic carbocycles. The monoisotopic (exact) mass is 595 g/mol. The maximum Gasteiger partial charge on any atom is 0.264 e. The highest BCUT2D eigenvalue weighted by Crippen LogP contribution is 2.32. The fraction of sp³-hybridized carbons (Fsp3) is 0.375. The molecule has 10 heteroatoms. The SMILES string of the molecule is CCCCNC(=O)[C@@H](C)N(CCc1ccccc1)C(=O)CN(c1ccc(C)cc1)S(=O)(=O)c1ccc(OC)c(OC)c1. The van der Waals surface area contributed by atoms with Crippen LogP contribution in [0.3, 0.4) is 0 Å². The molecule has 1 atom stereocenters. The molecule has 0 saturated carbocycles. The van der Waals surface area contributed by atoms with Crippen molar-refractivity contribution in [2.24, 2.45) is 0 Å². The van der Waals surface area contributed by atoms with Crippen molar-refractivity contribution in [3.05, 3.63) is 83.9 Å². The summed E-state index contributed by atoms with van der Waals surface area (Å²) >= 11 is 0. The topological polar surface area (TPSA) is 105 Å². The molecule has 1 N–H and O–H groups in total. The van der Waals surface area contributed by atoms with E-state index in [9.17, 15) is 18.0 Å². The number of sulfonamides is 1. The quantitative estimate of drug-likeness (QED) is 0.258. The molecule has 0 aliphatic carbocycles. The van der Waals surface area contributed by atoms with Crippen molar-refractivity contribution in [3.63, 3.8) is 0 Å². The van der Waals surface area contributed by atoms with Gasteiger partial charge in [-0.05, 0) is 56.5 Å². The van der Waals surface area contributed by atoms with E-state index in [2.05, 4.69) is 5.32 Å². The zero-order valence-electron chi connectivity index (χ0n) is 25.0. The number of hydrogen-bond donors (Lipinski definition) is 1. The molecule has 42 heavy (non-hydrogen) atoms. The zero-order chi connectivity index (χ0) is 30.7. The average Bonchev–Trinajstić information content (AvgIpc) is 3.00. The summed E-state index contributed by atoms with van der Waals surface area (Å²) in [4.78, 5) is 28.4. The molecule has 0 heterocycles. The predicted molar refractivity (Wildman–Crippen MR) is 164 cm³/mol. The minimum atomic E-state index is -4.23. The lowest BCUT2D eigenvalue weighted by Gasteiger charge is -2.32. The molecule has 0 spiro atoms. The number of nitrogens with zero attached hydrogens (tertiary/aromatic N) is 2. The largest absolute Gasteiger partial charge is 0.493 e. The van der Waals surface area contributed by atoms with Gasteiger partial charge < -0.3 is 19.7 Å². The molecule has 0 saturated heterocycles. The number of aryl methyl sites for hydroxylation is 1. The molecule has 226 valence electrons. The van der Waals surface area contributed by atoms with Crippen molar-refractivity contribution < 1.29 is 27.5 Å². The van der Waals surface area contributed by atoms with Crippen molar-refractivity contribution in [1.29, 1.82) is 0 Å². The first-order valence-corrected chi connectivity index (χ1v) is 15.5. The van der Waals surface area contributed by atoms with E-state index in [0.717, 1.165) is 28.3 Å². The summed E-state index contributed by atoms with van der Waals surface area (Å²) in [6, 6.07) is 20.0. The first-order valence-electron chi connectivity index (χ1n) is 14.0. The lowest BCUT2D eigenvalue weighted by Crippen LogP contribution is -2.52. The smallest absolute Gasteiger partial charge is 0.264 e. The van der Waals surface area contributed by atoms with Gasteiger partial charge in [0, 0.05) is 19.2 Å². The van der Waals surface area contributed by atoms with E-state index >= 15 is 0 Å². The van der Waals surface area contributed by atoms with Gasteiger partial charge in [-0.2, -0.15) is 0 Å². The van der Waals surface area contributed by atoms with Crippen LogP contribution < -0.4 is 19.1 Å². The third kappa shape index (κ3) is 8.25. The number of nitrogens with one attached hydrogen (secondary N) is 1. The van der Waals surface area contributed by atoms with Crippen LogP contribution in [0.25, 0.3) is 0 Å². The van der Waals surface area contributed by atoms with Gasteiger partial charge in [-0.1, -0.05) is 61.4 Å². The number of anilines is 1. The molecular formula is C32H41N3O6S. The number of rotatable bonds is 15. The molecule has 0 unspecified atom stereocenters. The van der Waals surface area contributed by atoms with Gasteiger partial charge >= 0.3 is 0 Å². The lowest BCUT2D eigenvalue weighted by atomic mass is 10.1. The second kappa shape index (κ2) is 15.3. The highest BCUT2D eigenvalue weighted by atomic mass is 32.2. The second-order valence-corrected chi connectivity index (χ2v) is 11.9. The fourth-order valence-corrected chi connectivity index (χ4v) is 5.88. The Hall–Kier alpha value is -4.05. The van der Waals surface area contributed by atoms with Crippen LogP contribution in [0.4, 0.5) is 5.69 Å². The number of unbranched alkanes of at least 4 members (excludes halogenated alkanes) is 1. The maximum atomic E-state index is 14.1. The molecule has 0 aromatic heterocycles. The summed E-state index contributed by atoms with van der Waals surface area (Å²) in [5.74, 6) is -0.150. The molecule has 0 radical (unpaired) electrons. The number of hydrogen-bond acceptors (Lipinski definition) is 6. The molecule has 0 aliphatic heterocycles. The molecule has 0 bridgehead atoms. The van der Waals surface area contributed by atoms with Gasteiger partial charge in [-0.15, -0.1) is 0 Å². The third-order valence-electron chi connectivity index (χ3n) is 7.02. The normalized spacial score (nSPS) is 11.8. The van der Waals surface area contributed by atoms with Gasteiger partial charge in [0.1, 0.15) is 12.6 Å². The van der Waals surface area contributed by atoms with Gasteiger partial charge in [0.15, 0.2) is 11.5 Å². The number of methoxy groups -OCH3 is 2. The van der Waals surface area contributed by atoms with Gasteiger partial charge in [0.2, 0.25) is 11.8 Å². The van der Waals surface area contributed by atoms with Crippen LogP contribution in [0.2, 0.25) is 0 Å². The van der Waals surface area contributed by atoms with E-state index in [0.29, 0.717) is 24.4 Å². The van der Waals surface area contributed by atoms with Crippen molar-refractivity contribution in [2.45, 2.75) is 51.0 Å². The minimum Gasteiger partial charge on any atom is -0.493 e. The minimum absolute atomic E-state index is 0.0604. The Morgan fingerprint density at radius 3 is 2.21 bits per heavy atom. The molecule has 3 aromatic rings. The van der Waals surface area contributed by atoms with Crippen LogP contribution in [-0.4, -0.2) is 65.0 Å². The summed E-state index contributed by atoms with van der Waals surface area (Å²) in [5.41, 5.74) is 2.27. The molecule has 2 amide bonds. The predicted octanol–water partition coefficient (Wildman–Crippen LogP) is 4.58. The summed E-state index contributed by atoms with van der Waals surface area (Å²) in [6.45, 7) is 5.84. The van der Waals surface area contributed by atoms with Crippen molar-refractivity contribution in [2.75, 3.05) is 38.2 Å². The Morgan fingerprint density at radius 1 is 0.929 bits per heavy atom. The molecular weight excluding hydrogens is 554 g/mol. The van der Waals surface area contributed by atoms with Crippen LogP contribution in [0, 0.1) is 6.92 Å². The molecule has 3 rings (SSSR count). The first-order chi connectivity index (χ1) is 20.1. The van der Waals surface area contributed by atoms with Gasteiger partial charge in [0.05, 0.1) is 24.8 Å². The van der Waals surface area contributed by atoms with E-state index in [1.165, 1.54) is 37.3 Å². The Kier molecular flexibility index (Phi) is 11.8. The van der Waals surface area contributed by atoms with Gasteiger partial charge in [0.25, 0.3) is 10.0 Å². The average molecular weight is 596 g/mol. The third-order valence-corrected chi connectivity index (χ3v) is 8.79. The van der Waals surface area contributed by atoms with Crippen LogP contribution in [0.15, 0.2) is 77.7 Å². The van der Waals surface area contributed by atoms with Crippen LogP contribution >= 0.6 is 0 Å². The van der Waals surface area contributed by atoms with Crippen LogP contribution in [-0.2, 0) is 26.0 Å². The molecule has 0 fully saturated rings. The van der Waals surface area contributed by atoms with E-state index in [4.69, 9.17) is 9.47 Å². The van der Waals surface area contributed by atoms with Crippen molar-refractivity contribution in [1.82, 2.24) is 10.2 Å². The van der Waals surface area contributed by atoms with Gasteiger partial charge in [-0.3, -0.25) is 13.9 Å². The highest BCUT2D eigenvalue weighted by Gasteiger charge is 2.32. The summed E-state index contributed by atoms with van der Waals surface area (Å²) < 4.78 is 39.8. The number of carbonyl (C=O) groups excluding carboxylic acids is 2. The number of ether oxygens (including phenoxy) is 2. The summed E-state index contributed by atoms with van der Waals surface area (Å²) in [6.07, 6.45) is 2.25. The zero-order valence-corrected chi connectivity index (χ0v) is 25.8. The lowest BCUT2D eigenvalue weighted by molar-refractivity contribution is -0.138. The number of benzene rings is 3. The van der Waals surface area contributed by atoms with E-state index in [1.807, 2.05) is 44.2 Å². The Morgan fingerprint density at radius 2 is 1.60 bits per heavy atom. The second-order valence-electron chi connectivity index (χ2n) is 10.0. The van der Waals surface area contributed by atoms with E-state index in [1.54, 1.807) is 31.2 Å². The summed E-state index contributed by atoms with van der Waals surface area (Å²) in [5, 5.41) is 2.90. The first kappa shape index (κ1) is 32.5. The van der Waals surface area contributed by atoms with Crippen molar-refractivity contribution in [3.8, 4) is 11.5 Å². The Bertz CT molecular complexity index is 1430. The molecule has 0 aliphatic rings. The van der Waals surface area contributed by atoms with Crippen LogP contribution in [0.1, 0.15) is 37.8 Å². The Labute approximate surface area is 249 Å². The van der Waals surface area contributed by atoms with Gasteiger partial charge in [-0.25, -0.2) is 8.42 Å². The highest BCUT2D eigenvalue weighted by molar-refractivity contribution is 7.92. The fourth-order valence-electron chi connectivity index (χ4n) is 4.45. The van der Waals surface area contributed by atoms with Crippen molar-refractivity contribution >= 4 is 27.5 Å². The van der Waals surface area contributed by atoms with E-state index < -0.39 is 28.5 Å². The maximum absolute atomic E-state index is 14.1. The standard InChI is InChI=1S/C32H41N3O6S/c1-6-7-20-33-32(37)25(3)34(21-19-26-11-9-8-10-12-26)31(36)23-35(27-15-13-24(2)14-16-27)42(38,39)28-17-18-29(40-4)30(22-28)41-5/h8-18,22,25H,6-7,19-21,23H2,1-5H3,(H,33,37)/t25-/m1/s1. The Balaban J connectivity index is 1.99. The number of amides is 2. The summed E-state index contributed by atoms with van der Waals surface area (Å²) in [7, 11) is -1.35. The van der Waals surface area contributed by atoms with Crippen LogP contribution in [0.5, 0.6) is 11.5 Å².